The van der Waals surface area contributed by atoms with Crippen LogP contribution in [0.3, 0.4) is 0 Å². The summed E-state index contributed by atoms with van der Waals surface area (Å²) in [5.74, 6) is 0.533. The molecule has 1 N–H and O–H groups in total. The van der Waals surface area contributed by atoms with Crippen molar-refractivity contribution in [3.05, 3.63) is 16.1 Å². The molecule has 0 bridgehead atoms. The van der Waals surface area contributed by atoms with Gasteiger partial charge in [0.25, 0.3) is 0 Å². The lowest BCUT2D eigenvalue weighted by Crippen LogP contribution is -2.44. The van der Waals surface area contributed by atoms with E-state index in [0.29, 0.717) is 12.0 Å². The van der Waals surface area contributed by atoms with Gasteiger partial charge in [0.1, 0.15) is 5.01 Å². The van der Waals surface area contributed by atoms with Gasteiger partial charge in [0.15, 0.2) is 0 Å². The maximum atomic E-state index is 5.44. The predicted octanol–water partition coefficient (Wildman–Crippen LogP) is 1.61. The van der Waals surface area contributed by atoms with Crippen molar-refractivity contribution in [2.75, 3.05) is 39.4 Å². The normalized spacial score (nSPS) is 27.5. The second-order valence-electron chi connectivity index (χ2n) is 5.13. The van der Waals surface area contributed by atoms with E-state index in [0.717, 1.165) is 45.8 Å². The molecule has 1 aromatic heterocycles. The molecule has 0 aromatic carbocycles. The van der Waals surface area contributed by atoms with E-state index in [2.05, 4.69) is 22.5 Å². The van der Waals surface area contributed by atoms with Crippen LogP contribution in [0.1, 0.15) is 36.0 Å². The van der Waals surface area contributed by atoms with Crippen LogP contribution in [0, 0.1) is 0 Å². The molecule has 2 atom stereocenters. The maximum Gasteiger partial charge on any atom is 0.110 e. The Morgan fingerprint density at radius 1 is 1.50 bits per heavy atom. The molecule has 0 radical (unpaired) electrons. The van der Waals surface area contributed by atoms with Crippen LogP contribution in [0.5, 0.6) is 0 Å². The topological polar surface area (TPSA) is 37.4 Å². The largest absolute Gasteiger partial charge is 0.381 e. The zero-order valence-electron chi connectivity index (χ0n) is 10.9. The molecule has 4 nitrogen and oxygen atoms in total. The van der Waals surface area contributed by atoms with Gasteiger partial charge in [-0.3, -0.25) is 4.90 Å². The fourth-order valence-electron chi connectivity index (χ4n) is 2.67. The van der Waals surface area contributed by atoms with Crippen LogP contribution < -0.4 is 5.32 Å². The van der Waals surface area contributed by atoms with E-state index in [9.17, 15) is 0 Å². The molecule has 5 heteroatoms. The summed E-state index contributed by atoms with van der Waals surface area (Å²) >= 11 is 1.81. The highest BCUT2D eigenvalue weighted by molar-refractivity contribution is 7.09. The Hall–Kier alpha value is -0.490. The molecule has 0 amide bonds. The molecule has 3 rings (SSSR count). The molecule has 2 unspecified atom stereocenters. The van der Waals surface area contributed by atoms with Gasteiger partial charge in [0.05, 0.1) is 18.3 Å². The molecule has 2 fully saturated rings. The summed E-state index contributed by atoms with van der Waals surface area (Å²) in [4.78, 5) is 7.36. The number of hydrogen-bond acceptors (Lipinski definition) is 5. The van der Waals surface area contributed by atoms with E-state index >= 15 is 0 Å². The zero-order valence-corrected chi connectivity index (χ0v) is 11.7. The van der Waals surface area contributed by atoms with Crippen LogP contribution in [-0.4, -0.2) is 49.3 Å². The van der Waals surface area contributed by atoms with E-state index < -0.39 is 0 Å². The maximum absolute atomic E-state index is 5.44. The molecular formula is C13H21N3OS. The molecule has 0 saturated carbocycles. The van der Waals surface area contributed by atoms with Crippen LogP contribution in [-0.2, 0) is 4.74 Å². The number of aromatic nitrogens is 1. The minimum absolute atomic E-state index is 0.452. The van der Waals surface area contributed by atoms with Gasteiger partial charge in [-0.1, -0.05) is 0 Å². The fourth-order valence-corrected chi connectivity index (χ4v) is 3.66. The Morgan fingerprint density at radius 2 is 2.33 bits per heavy atom. The van der Waals surface area contributed by atoms with E-state index in [1.807, 2.05) is 11.3 Å². The summed E-state index contributed by atoms with van der Waals surface area (Å²) in [7, 11) is 0. The lowest BCUT2D eigenvalue weighted by molar-refractivity contribution is 0.184. The third kappa shape index (κ3) is 2.59. The number of rotatable bonds is 3. The summed E-state index contributed by atoms with van der Waals surface area (Å²) in [6.07, 6.45) is 1.13. The van der Waals surface area contributed by atoms with Crippen LogP contribution in [0.2, 0.25) is 0 Å². The van der Waals surface area contributed by atoms with E-state index in [1.54, 1.807) is 0 Å². The van der Waals surface area contributed by atoms with Gasteiger partial charge in [-0.15, -0.1) is 11.3 Å². The summed E-state index contributed by atoms with van der Waals surface area (Å²) < 4.78 is 5.44. The highest BCUT2D eigenvalue weighted by Crippen LogP contribution is 2.30. The second kappa shape index (κ2) is 5.65. The molecule has 100 valence electrons. The van der Waals surface area contributed by atoms with Crippen molar-refractivity contribution < 1.29 is 4.74 Å². The van der Waals surface area contributed by atoms with Crippen LogP contribution in [0.25, 0.3) is 0 Å². The highest BCUT2D eigenvalue weighted by atomic mass is 32.1. The van der Waals surface area contributed by atoms with Crippen molar-refractivity contribution in [1.82, 2.24) is 15.2 Å². The van der Waals surface area contributed by atoms with Gasteiger partial charge >= 0.3 is 0 Å². The molecule has 2 aliphatic heterocycles. The second-order valence-corrected chi connectivity index (χ2v) is 6.02. The molecule has 0 spiro atoms. The van der Waals surface area contributed by atoms with Crippen LogP contribution in [0.4, 0.5) is 0 Å². The summed E-state index contributed by atoms with van der Waals surface area (Å²) in [6, 6.07) is 0.452. The van der Waals surface area contributed by atoms with Crippen molar-refractivity contribution in [2.45, 2.75) is 25.3 Å². The molecule has 1 aromatic rings. The predicted molar refractivity (Wildman–Crippen MR) is 73.1 cm³/mol. The highest BCUT2D eigenvalue weighted by Gasteiger charge is 2.24. The first-order chi connectivity index (χ1) is 8.84. The smallest absolute Gasteiger partial charge is 0.110 e. The standard InChI is InChI=1S/C13H21N3OS/c1-10(16-5-3-14-4-6-16)13-15-12(9-18-13)11-2-7-17-8-11/h9-11,14H,2-8H2,1H3. The van der Waals surface area contributed by atoms with Crippen molar-refractivity contribution in [3.8, 4) is 0 Å². The third-order valence-corrected chi connectivity index (χ3v) is 4.98. The van der Waals surface area contributed by atoms with Crippen molar-refractivity contribution in [2.24, 2.45) is 0 Å². The minimum atomic E-state index is 0.452. The Morgan fingerprint density at radius 3 is 3.06 bits per heavy atom. The van der Waals surface area contributed by atoms with Gasteiger partial charge in [-0.05, 0) is 13.3 Å². The Bertz CT molecular complexity index is 383. The Labute approximate surface area is 112 Å². The average molecular weight is 267 g/mol. The lowest BCUT2D eigenvalue weighted by atomic mass is 10.1. The van der Waals surface area contributed by atoms with Crippen LogP contribution in [0.15, 0.2) is 5.38 Å². The first-order valence-electron chi connectivity index (χ1n) is 6.82. The van der Waals surface area contributed by atoms with Crippen molar-refractivity contribution >= 4 is 11.3 Å². The van der Waals surface area contributed by atoms with Gasteiger partial charge in [0, 0.05) is 44.1 Å². The first kappa shape index (κ1) is 12.5. The Balaban J connectivity index is 1.67. The number of piperazine rings is 1. The first-order valence-corrected chi connectivity index (χ1v) is 7.70. The van der Waals surface area contributed by atoms with Crippen LogP contribution >= 0.6 is 11.3 Å². The SMILES string of the molecule is CC(c1nc(C2CCOC2)cs1)N1CCNCC1. The summed E-state index contributed by atoms with van der Waals surface area (Å²) in [5.41, 5.74) is 1.24. The quantitative estimate of drug-likeness (QED) is 0.903. The van der Waals surface area contributed by atoms with Gasteiger partial charge < -0.3 is 10.1 Å². The number of nitrogens with one attached hydrogen (secondary N) is 1. The monoisotopic (exact) mass is 267 g/mol. The van der Waals surface area contributed by atoms with Gasteiger partial charge in [-0.2, -0.15) is 0 Å². The Kier molecular flexibility index (Phi) is 3.94. The van der Waals surface area contributed by atoms with Crippen molar-refractivity contribution in [3.63, 3.8) is 0 Å². The minimum Gasteiger partial charge on any atom is -0.381 e. The average Bonchev–Trinajstić information content (AvgIpc) is 3.09. The molecule has 2 saturated heterocycles. The van der Waals surface area contributed by atoms with Crippen molar-refractivity contribution in [1.29, 1.82) is 0 Å². The third-order valence-electron chi connectivity index (χ3n) is 3.94. The molecule has 3 heterocycles. The fraction of sp³-hybridized carbons (Fsp3) is 0.769. The van der Waals surface area contributed by atoms with Gasteiger partial charge in [-0.25, -0.2) is 4.98 Å². The molecule has 18 heavy (non-hydrogen) atoms. The van der Waals surface area contributed by atoms with E-state index in [-0.39, 0.29) is 0 Å². The molecule has 2 aliphatic rings. The number of thiazole rings is 1. The number of ether oxygens (including phenoxy) is 1. The van der Waals surface area contributed by atoms with E-state index in [4.69, 9.17) is 9.72 Å². The number of nitrogens with zero attached hydrogens (tertiary/aromatic N) is 2. The number of hydrogen-bond donors (Lipinski definition) is 1. The molecule has 0 aliphatic carbocycles. The van der Waals surface area contributed by atoms with Gasteiger partial charge in [0.2, 0.25) is 0 Å². The summed E-state index contributed by atoms with van der Waals surface area (Å²) in [5, 5.41) is 6.89. The lowest BCUT2D eigenvalue weighted by Gasteiger charge is -2.31. The summed E-state index contributed by atoms with van der Waals surface area (Å²) in [6.45, 7) is 8.47. The zero-order chi connectivity index (χ0) is 12.4. The molecular weight excluding hydrogens is 246 g/mol. The van der Waals surface area contributed by atoms with E-state index in [1.165, 1.54) is 10.7 Å².